The Labute approximate surface area is 133 Å². The van der Waals surface area contributed by atoms with Gasteiger partial charge in [0.15, 0.2) is 6.61 Å². The zero-order chi connectivity index (χ0) is 15.5. The summed E-state index contributed by atoms with van der Waals surface area (Å²) in [4.78, 5) is 12.0. The topological polar surface area (TPSA) is 64.4 Å². The number of aryl methyl sites for hydroxylation is 1. The molecule has 1 aromatic carbocycles. The molecule has 6 heteroatoms. The van der Waals surface area contributed by atoms with Gasteiger partial charge in [-0.1, -0.05) is 29.7 Å². The summed E-state index contributed by atoms with van der Waals surface area (Å²) in [5, 5.41) is 7.32. The fraction of sp³-hybridized carbons (Fsp3) is 0.375. The molecule has 1 aliphatic carbocycles. The van der Waals surface area contributed by atoms with E-state index < -0.39 is 0 Å². The van der Waals surface area contributed by atoms with Crippen LogP contribution in [0.3, 0.4) is 0 Å². The number of nitrogens with one attached hydrogen (secondary N) is 1. The van der Waals surface area contributed by atoms with Crippen molar-refractivity contribution in [3.63, 3.8) is 0 Å². The Morgan fingerprint density at radius 1 is 1.55 bits per heavy atom. The quantitative estimate of drug-likeness (QED) is 0.936. The van der Waals surface area contributed by atoms with Gasteiger partial charge in [0, 0.05) is 10.6 Å². The lowest BCUT2D eigenvalue weighted by Crippen LogP contribution is -2.21. The molecule has 0 unspecified atom stereocenters. The van der Waals surface area contributed by atoms with Crippen molar-refractivity contribution >= 4 is 23.4 Å². The zero-order valence-corrected chi connectivity index (χ0v) is 13.0. The molecule has 0 bridgehead atoms. The van der Waals surface area contributed by atoms with Gasteiger partial charge >= 0.3 is 0 Å². The Bertz CT molecular complexity index is 684. The molecule has 1 atom stereocenters. The minimum atomic E-state index is -0.280. The maximum absolute atomic E-state index is 12.0. The molecule has 0 fully saturated rings. The Balaban J connectivity index is 1.59. The molecule has 0 radical (unpaired) electrons. The molecule has 1 N–H and O–H groups in total. The number of rotatable bonds is 4. The smallest absolute Gasteiger partial charge is 0.264 e. The Hall–Kier alpha value is -2.01. The average molecular weight is 321 g/mol. The van der Waals surface area contributed by atoms with Crippen LogP contribution in [0.25, 0.3) is 0 Å². The van der Waals surface area contributed by atoms with Crippen LogP contribution in [0.1, 0.15) is 24.6 Å². The number of halogens is 1. The first-order valence-corrected chi connectivity index (χ1v) is 7.65. The molecule has 5 nitrogen and oxygen atoms in total. The number of amides is 1. The van der Waals surface area contributed by atoms with Gasteiger partial charge < -0.3 is 9.26 Å². The van der Waals surface area contributed by atoms with E-state index in [9.17, 15) is 4.79 Å². The third-order valence-corrected chi connectivity index (χ3v) is 3.95. The molecule has 0 saturated heterocycles. The van der Waals surface area contributed by atoms with Crippen LogP contribution in [0.5, 0.6) is 5.75 Å². The van der Waals surface area contributed by atoms with Gasteiger partial charge in [-0.05, 0) is 43.4 Å². The highest BCUT2D eigenvalue weighted by atomic mass is 35.5. The van der Waals surface area contributed by atoms with Gasteiger partial charge in [-0.3, -0.25) is 10.1 Å². The van der Waals surface area contributed by atoms with Gasteiger partial charge in [0.2, 0.25) is 5.88 Å². The van der Waals surface area contributed by atoms with E-state index in [1.54, 1.807) is 24.3 Å². The summed E-state index contributed by atoms with van der Waals surface area (Å²) in [6.07, 6.45) is 2.88. The summed E-state index contributed by atoms with van der Waals surface area (Å²) in [5.74, 6) is 1.29. The number of aromatic nitrogens is 1. The highest BCUT2D eigenvalue weighted by Crippen LogP contribution is 2.30. The van der Waals surface area contributed by atoms with Crippen LogP contribution in [0, 0.1) is 5.92 Å². The molecular formula is C16H17ClN2O3. The molecule has 1 heterocycles. The van der Waals surface area contributed by atoms with Crippen LogP contribution in [0.4, 0.5) is 5.88 Å². The van der Waals surface area contributed by atoms with Gasteiger partial charge in [-0.15, -0.1) is 0 Å². The number of ether oxygens (including phenoxy) is 1. The van der Waals surface area contributed by atoms with Gasteiger partial charge in [-0.2, -0.15) is 0 Å². The fourth-order valence-corrected chi connectivity index (χ4v) is 2.73. The lowest BCUT2D eigenvalue weighted by molar-refractivity contribution is -0.118. The van der Waals surface area contributed by atoms with Crippen molar-refractivity contribution < 1.29 is 14.1 Å². The second-order valence-corrected chi connectivity index (χ2v) is 6.02. The molecule has 2 aromatic rings. The Kier molecular flexibility index (Phi) is 4.34. The summed E-state index contributed by atoms with van der Waals surface area (Å²) >= 11 is 5.86. The van der Waals surface area contributed by atoms with Crippen LogP contribution in [0.15, 0.2) is 28.8 Å². The van der Waals surface area contributed by atoms with Crippen LogP contribution >= 0.6 is 11.6 Å². The monoisotopic (exact) mass is 320 g/mol. The Morgan fingerprint density at radius 3 is 3.23 bits per heavy atom. The number of benzene rings is 1. The minimum Gasteiger partial charge on any atom is -0.484 e. The van der Waals surface area contributed by atoms with E-state index >= 15 is 0 Å². The number of hydrogen-bond acceptors (Lipinski definition) is 4. The second kappa shape index (κ2) is 6.40. The predicted molar refractivity (Wildman–Crippen MR) is 83.3 cm³/mol. The van der Waals surface area contributed by atoms with E-state index in [0.29, 0.717) is 22.6 Å². The van der Waals surface area contributed by atoms with E-state index in [-0.39, 0.29) is 12.5 Å². The van der Waals surface area contributed by atoms with E-state index in [1.165, 1.54) is 0 Å². The van der Waals surface area contributed by atoms with Crippen LogP contribution in [0.2, 0.25) is 5.02 Å². The summed E-state index contributed by atoms with van der Waals surface area (Å²) in [6, 6.07) is 6.92. The van der Waals surface area contributed by atoms with Gasteiger partial charge in [0.1, 0.15) is 5.75 Å². The number of anilines is 1. The van der Waals surface area contributed by atoms with Gasteiger partial charge in [0.25, 0.3) is 5.91 Å². The maximum atomic E-state index is 12.0. The van der Waals surface area contributed by atoms with Crippen molar-refractivity contribution in [2.75, 3.05) is 11.9 Å². The van der Waals surface area contributed by atoms with Crippen molar-refractivity contribution in [2.45, 2.75) is 26.2 Å². The second-order valence-electron chi connectivity index (χ2n) is 5.58. The van der Waals surface area contributed by atoms with Crippen LogP contribution < -0.4 is 10.1 Å². The summed E-state index contributed by atoms with van der Waals surface area (Å²) in [7, 11) is 0. The number of nitrogens with zero attached hydrogens (tertiary/aromatic N) is 1. The van der Waals surface area contributed by atoms with E-state index in [4.69, 9.17) is 20.9 Å². The highest BCUT2D eigenvalue weighted by molar-refractivity contribution is 6.30. The molecule has 116 valence electrons. The lowest BCUT2D eigenvalue weighted by atomic mass is 9.89. The maximum Gasteiger partial charge on any atom is 0.264 e. The normalized spacial score (nSPS) is 16.9. The van der Waals surface area contributed by atoms with Crippen molar-refractivity contribution in [3.05, 3.63) is 40.5 Å². The lowest BCUT2D eigenvalue weighted by Gasteiger charge is -2.16. The standard InChI is InChI=1S/C16H17ClN2O3/c1-10-5-6-14-13(7-10)16(22-19-14)18-15(20)9-21-12-4-2-3-11(17)8-12/h2-4,8,10H,5-7,9H2,1H3,(H,18,20)/t10-/m0/s1. The molecular weight excluding hydrogens is 304 g/mol. The number of fused-ring (bicyclic) bond motifs is 1. The first-order chi connectivity index (χ1) is 10.6. The third kappa shape index (κ3) is 3.42. The molecule has 0 spiro atoms. The van der Waals surface area contributed by atoms with E-state index in [1.807, 2.05) is 0 Å². The molecule has 1 amide bonds. The molecule has 1 aliphatic rings. The largest absolute Gasteiger partial charge is 0.484 e. The van der Waals surface area contributed by atoms with Crippen molar-refractivity contribution in [3.8, 4) is 5.75 Å². The highest BCUT2D eigenvalue weighted by Gasteiger charge is 2.24. The van der Waals surface area contributed by atoms with Crippen molar-refractivity contribution in [2.24, 2.45) is 5.92 Å². The number of carbonyl (C=O) groups is 1. The van der Waals surface area contributed by atoms with Crippen LogP contribution in [-0.4, -0.2) is 17.7 Å². The first-order valence-electron chi connectivity index (χ1n) is 7.27. The van der Waals surface area contributed by atoms with E-state index in [0.717, 1.165) is 30.5 Å². The molecule has 0 saturated carbocycles. The first kappa shape index (κ1) is 14.9. The number of hydrogen-bond donors (Lipinski definition) is 1. The molecule has 3 rings (SSSR count). The minimum absolute atomic E-state index is 0.106. The fourth-order valence-electron chi connectivity index (χ4n) is 2.55. The third-order valence-electron chi connectivity index (χ3n) is 3.72. The number of carbonyl (C=O) groups excluding carboxylic acids is 1. The summed E-state index contributed by atoms with van der Waals surface area (Å²) in [6.45, 7) is 2.08. The molecule has 0 aliphatic heterocycles. The SMILES string of the molecule is C[C@H]1CCc2noc(NC(=O)COc3cccc(Cl)c3)c2C1. The zero-order valence-electron chi connectivity index (χ0n) is 12.3. The Morgan fingerprint density at radius 2 is 2.41 bits per heavy atom. The molecule has 1 aromatic heterocycles. The average Bonchev–Trinajstić information content (AvgIpc) is 2.88. The van der Waals surface area contributed by atoms with E-state index in [2.05, 4.69) is 17.4 Å². The predicted octanol–water partition coefficient (Wildman–Crippen LogP) is 3.47. The summed E-state index contributed by atoms with van der Waals surface area (Å²) < 4.78 is 10.7. The van der Waals surface area contributed by atoms with Crippen LogP contribution in [-0.2, 0) is 17.6 Å². The van der Waals surface area contributed by atoms with Gasteiger partial charge in [-0.25, -0.2) is 0 Å². The molecule has 22 heavy (non-hydrogen) atoms. The van der Waals surface area contributed by atoms with Gasteiger partial charge in [0.05, 0.1) is 5.69 Å². The summed E-state index contributed by atoms with van der Waals surface area (Å²) in [5.41, 5.74) is 1.96. The van der Waals surface area contributed by atoms with Crippen molar-refractivity contribution in [1.82, 2.24) is 5.16 Å². The van der Waals surface area contributed by atoms with Crippen molar-refractivity contribution in [1.29, 1.82) is 0 Å².